The van der Waals surface area contributed by atoms with Crippen LogP contribution in [0.3, 0.4) is 0 Å². The monoisotopic (exact) mass is 422 g/mol. The highest BCUT2D eigenvalue weighted by Gasteiger charge is 2.24. The van der Waals surface area contributed by atoms with E-state index in [-0.39, 0.29) is 5.91 Å². The van der Waals surface area contributed by atoms with E-state index in [1.807, 2.05) is 51.9 Å². The van der Waals surface area contributed by atoms with Gasteiger partial charge in [0.05, 0.1) is 12.4 Å². The summed E-state index contributed by atoms with van der Waals surface area (Å²) in [5, 5.41) is 8.95. The summed E-state index contributed by atoms with van der Waals surface area (Å²) in [7, 11) is 0. The van der Waals surface area contributed by atoms with E-state index in [4.69, 9.17) is 4.74 Å². The second-order valence-electron chi connectivity index (χ2n) is 7.58. The summed E-state index contributed by atoms with van der Waals surface area (Å²) >= 11 is 1.43. The predicted octanol–water partition coefficient (Wildman–Crippen LogP) is 3.99. The smallest absolute Gasteiger partial charge is 0.233 e. The van der Waals surface area contributed by atoms with Crippen molar-refractivity contribution in [2.24, 2.45) is 5.92 Å². The zero-order chi connectivity index (χ0) is 20.8. The molecule has 0 N–H and O–H groups in total. The number of benzene rings is 2. The van der Waals surface area contributed by atoms with Crippen LogP contribution in [0.5, 0.6) is 5.75 Å². The van der Waals surface area contributed by atoms with Gasteiger partial charge in [0.15, 0.2) is 5.16 Å². The Bertz CT molecular complexity index is 959. The maximum absolute atomic E-state index is 12.8. The molecule has 1 saturated heterocycles. The van der Waals surface area contributed by atoms with E-state index >= 15 is 0 Å². The minimum atomic E-state index is 0.142. The standard InChI is InChI=1S/C23H26N4O2S/c1-18-9-11-20(12-10-18)27-17-24-25-23(27)30-16-22(28)26-13-5-6-19(14-26)15-29-21-7-3-2-4-8-21/h2-4,7-12,17,19H,5-6,13-16H2,1H3. The number of likely N-dealkylation sites (tertiary alicyclic amines) is 1. The van der Waals surface area contributed by atoms with Gasteiger partial charge in [0.1, 0.15) is 12.1 Å². The van der Waals surface area contributed by atoms with E-state index in [1.54, 1.807) is 6.33 Å². The second kappa shape index (κ2) is 9.80. The number of carbonyl (C=O) groups excluding carboxylic acids is 1. The van der Waals surface area contributed by atoms with Crippen molar-refractivity contribution in [2.45, 2.75) is 24.9 Å². The molecule has 1 amide bonds. The zero-order valence-electron chi connectivity index (χ0n) is 17.1. The Morgan fingerprint density at radius 3 is 2.77 bits per heavy atom. The molecule has 1 fully saturated rings. The Hall–Kier alpha value is -2.80. The number of carbonyl (C=O) groups is 1. The lowest BCUT2D eigenvalue weighted by Gasteiger charge is -2.32. The highest BCUT2D eigenvalue weighted by Crippen LogP contribution is 2.23. The molecule has 0 saturated carbocycles. The topological polar surface area (TPSA) is 60.2 Å². The summed E-state index contributed by atoms with van der Waals surface area (Å²) in [6.45, 7) is 4.26. The van der Waals surface area contributed by atoms with Gasteiger partial charge in [-0.25, -0.2) is 0 Å². The number of aromatic nitrogens is 3. The Balaban J connectivity index is 1.30. The number of amides is 1. The van der Waals surface area contributed by atoms with Gasteiger partial charge in [-0.1, -0.05) is 47.7 Å². The first-order chi connectivity index (χ1) is 14.7. The third kappa shape index (κ3) is 5.21. The van der Waals surface area contributed by atoms with Gasteiger partial charge in [0.25, 0.3) is 0 Å². The molecule has 2 heterocycles. The van der Waals surface area contributed by atoms with Crippen LogP contribution in [0.2, 0.25) is 0 Å². The normalized spacial score (nSPS) is 16.4. The molecule has 0 aliphatic carbocycles. The fourth-order valence-electron chi connectivity index (χ4n) is 3.58. The first-order valence-corrected chi connectivity index (χ1v) is 11.2. The van der Waals surface area contributed by atoms with Crippen LogP contribution in [-0.2, 0) is 4.79 Å². The zero-order valence-corrected chi connectivity index (χ0v) is 17.9. The van der Waals surface area contributed by atoms with Crippen molar-refractivity contribution in [3.05, 3.63) is 66.5 Å². The summed E-state index contributed by atoms with van der Waals surface area (Å²) in [5.74, 6) is 1.75. The number of nitrogens with zero attached hydrogens (tertiary/aromatic N) is 4. The van der Waals surface area contributed by atoms with Crippen molar-refractivity contribution >= 4 is 17.7 Å². The van der Waals surface area contributed by atoms with E-state index in [9.17, 15) is 4.79 Å². The van der Waals surface area contributed by atoms with Crippen molar-refractivity contribution in [3.63, 3.8) is 0 Å². The van der Waals surface area contributed by atoms with Crippen LogP contribution in [0.25, 0.3) is 5.69 Å². The first-order valence-electron chi connectivity index (χ1n) is 10.2. The summed E-state index contributed by atoms with van der Waals surface area (Å²) in [5.41, 5.74) is 2.20. The highest BCUT2D eigenvalue weighted by molar-refractivity contribution is 7.99. The minimum absolute atomic E-state index is 0.142. The van der Waals surface area contributed by atoms with Crippen LogP contribution in [0.1, 0.15) is 18.4 Å². The number of ether oxygens (including phenoxy) is 1. The van der Waals surface area contributed by atoms with Crippen molar-refractivity contribution in [2.75, 3.05) is 25.4 Å². The first kappa shape index (κ1) is 20.5. The van der Waals surface area contributed by atoms with Crippen LogP contribution in [0.4, 0.5) is 0 Å². The minimum Gasteiger partial charge on any atom is -0.493 e. The molecule has 1 atom stereocenters. The molecular formula is C23H26N4O2S. The van der Waals surface area contributed by atoms with Crippen molar-refractivity contribution in [1.29, 1.82) is 0 Å². The summed E-state index contributed by atoms with van der Waals surface area (Å²) in [6.07, 6.45) is 3.79. The molecule has 1 aliphatic rings. The quantitative estimate of drug-likeness (QED) is 0.539. The Kier molecular flexibility index (Phi) is 6.69. The molecule has 2 aromatic carbocycles. The molecule has 0 bridgehead atoms. The number of rotatable bonds is 7. The van der Waals surface area contributed by atoms with Crippen LogP contribution in [-0.4, -0.2) is 51.0 Å². The summed E-state index contributed by atoms with van der Waals surface area (Å²) in [4.78, 5) is 14.8. The van der Waals surface area contributed by atoms with Crippen molar-refractivity contribution in [1.82, 2.24) is 19.7 Å². The number of thioether (sulfide) groups is 1. The van der Waals surface area contributed by atoms with Gasteiger partial charge < -0.3 is 9.64 Å². The molecular weight excluding hydrogens is 396 g/mol. The lowest BCUT2D eigenvalue weighted by Crippen LogP contribution is -2.42. The molecule has 156 valence electrons. The van der Waals surface area contributed by atoms with Crippen molar-refractivity contribution < 1.29 is 9.53 Å². The molecule has 4 rings (SSSR count). The van der Waals surface area contributed by atoms with E-state index < -0.39 is 0 Å². The number of aryl methyl sites for hydroxylation is 1. The van der Waals surface area contributed by atoms with Crippen LogP contribution >= 0.6 is 11.8 Å². The van der Waals surface area contributed by atoms with Crippen LogP contribution in [0.15, 0.2) is 66.1 Å². The van der Waals surface area contributed by atoms with Crippen LogP contribution in [0, 0.1) is 12.8 Å². The fraction of sp³-hybridized carbons (Fsp3) is 0.348. The molecule has 0 spiro atoms. The van der Waals surface area contributed by atoms with Gasteiger partial charge in [-0.15, -0.1) is 10.2 Å². The maximum atomic E-state index is 12.8. The molecule has 0 radical (unpaired) electrons. The Labute approximate surface area is 181 Å². The third-order valence-corrected chi connectivity index (χ3v) is 6.18. The molecule has 3 aromatic rings. The van der Waals surface area contributed by atoms with Crippen molar-refractivity contribution in [3.8, 4) is 11.4 Å². The second-order valence-corrected chi connectivity index (χ2v) is 8.52. The molecule has 1 aliphatic heterocycles. The SMILES string of the molecule is Cc1ccc(-n2cnnc2SCC(=O)N2CCCC(COc3ccccc3)C2)cc1. The predicted molar refractivity (Wildman–Crippen MR) is 118 cm³/mol. The average molecular weight is 423 g/mol. The number of para-hydroxylation sites is 1. The lowest BCUT2D eigenvalue weighted by atomic mass is 9.99. The van der Waals surface area contributed by atoms with Gasteiger partial charge in [-0.3, -0.25) is 9.36 Å². The Morgan fingerprint density at radius 1 is 1.17 bits per heavy atom. The van der Waals surface area contributed by atoms with Gasteiger partial charge in [0.2, 0.25) is 5.91 Å². The largest absolute Gasteiger partial charge is 0.493 e. The molecule has 7 heteroatoms. The van der Waals surface area contributed by atoms with E-state index in [0.717, 1.165) is 42.5 Å². The third-order valence-electron chi connectivity index (χ3n) is 5.25. The number of hydrogen-bond acceptors (Lipinski definition) is 5. The molecule has 30 heavy (non-hydrogen) atoms. The fourth-order valence-corrected chi connectivity index (χ4v) is 4.41. The van der Waals surface area contributed by atoms with E-state index in [1.165, 1.54) is 17.3 Å². The highest BCUT2D eigenvalue weighted by atomic mass is 32.2. The summed E-state index contributed by atoms with van der Waals surface area (Å²) in [6, 6.07) is 18.0. The lowest BCUT2D eigenvalue weighted by molar-refractivity contribution is -0.130. The average Bonchev–Trinajstić information content (AvgIpc) is 3.26. The van der Waals surface area contributed by atoms with Crippen LogP contribution < -0.4 is 4.74 Å². The van der Waals surface area contributed by atoms with Gasteiger partial charge in [0, 0.05) is 24.7 Å². The maximum Gasteiger partial charge on any atom is 0.233 e. The Morgan fingerprint density at radius 2 is 1.97 bits per heavy atom. The molecule has 1 aromatic heterocycles. The van der Waals surface area contributed by atoms with E-state index in [2.05, 4.69) is 29.3 Å². The summed E-state index contributed by atoms with van der Waals surface area (Å²) < 4.78 is 7.82. The number of hydrogen-bond donors (Lipinski definition) is 0. The van der Waals surface area contributed by atoms with Gasteiger partial charge >= 0.3 is 0 Å². The number of piperidine rings is 1. The molecule has 6 nitrogen and oxygen atoms in total. The van der Waals surface area contributed by atoms with Gasteiger partial charge in [-0.05, 0) is 44.0 Å². The van der Waals surface area contributed by atoms with E-state index in [0.29, 0.717) is 18.3 Å². The molecule has 1 unspecified atom stereocenters. The van der Waals surface area contributed by atoms with Gasteiger partial charge in [-0.2, -0.15) is 0 Å².